The van der Waals surface area contributed by atoms with Gasteiger partial charge in [-0.2, -0.15) is 0 Å². The van der Waals surface area contributed by atoms with Crippen LogP contribution in [0.2, 0.25) is 5.02 Å². The Morgan fingerprint density at radius 3 is 2.67 bits per heavy atom. The zero-order valence-electron chi connectivity index (χ0n) is 12.2. The Balaban J connectivity index is 1.97. The first-order valence-corrected chi connectivity index (χ1v) is 7.15. The van der Waals surface area contributed by atoms with Gasteiger partial charge in [-0.3, -0.25) is 9.59 Å². The van der Waals surface area contributed by atoms with Crippen LogP contribution in [0.25, 0.3) is 0 Å². The minimum atomic E-state index is -0.867. The molecule has 21 heavy (non-hydrogen) atoms. The van der Waals surface area contributed by atoms with Crippen LogP contribution < -0.4 is 10.1 Å². The number of ether oxygens (including phenoxy) is 2. The predicted molar refractivity (Wildman–Crippen MR) is 79.5 cm³/mol. The molecule has 0 saturated heterocycles. The van der Waals surface area contributed by atoms with Gasteiger partial charge in [0.2, 0.25) is 0 Å². The van der Waals surface area contributed by atoms with Gasteiger partial charge in [-0.15, -0.1) is 0 Å². The Morgan fingerprint density at radius 2 is 2.10 bits per heavy atom. The van der Waals surface area contributed by atoms with E-state index in [1.54, 1.807) is 18.2 Å². The summed E-state index contributed by atoms with van der Waals surface area (Å²) in [5.41, 5.74) is 0.442. The highest BCUT2D eigenvalue weighted by molar-refractivity contribution is 6.31. The van der Waals surface area contributed by atoms with Gasteiger partial charge in [0.1, 0.15) is 5.75 Å². The number of hydrogen-bond acceptors (Lipinski definition) is 4. The highest BCUT2D eigenvalue weighted by Gasteiger charge is 2.41. The molecule has 6 heteroatoms. The second-order valence-electron chi connectivity index (χ2n) is 5.23. The van der Waals surface area contributed by atoms with E-state index in [1.165, 1.54) is 14.0 Å². The molecule has 1 aliphatic carbocycles. The molecular formula is C15H18ClNO4. The first-order valence-electron chi connectivity index (χ1n) is 6.77. The maximum absolute atomic E-state index is 12.1. The largest absolute Gasteiger partial charge is 0.495 e. The molecule has 114 valence electrons. The van der Waals surface area contributed by atoms with Crippen molar-refractivity contribution in [2.24, 2.45) is 11.8 Å². The summed E-state index contributed by atoms with van der Waals surface area (Å²) in [4.78, 5) is 23.8. The molecule has 1 aromatic carbocycles. The highest BCUT2D eigenvalue weighted by Crippen LogP contribution is 2.38. The average Bonchev–Trinajstić information content (AvgIpc) is 3.16. The van der Waals surface area contributed by atoms with Crippen LogP contribution in [0.5, 0.6) is 5.75 Å². The third-order valence-electron chi connectivity index (χ3n) is 3.49. The molecule has 0 aliphatic heterocycles. The molecule has 0 aromatic heterocycles. The van der Waals surface area contributed by atoms with Crippen molar-refractivity contribution >= 4 is 29.2 Å². The fourth-order valence-electron chi connectivity index (χ4n) is 1.98. The van der Waals surface area contributed by atoms with Gasteiger partial charge in [0.15, 0.2) is 6.10 Å². The molecular weight excluding hydrogens is 294 g/mol. The number of anilines is 1. The fourth-order valence-corrected chi connectivity index (χ4v) is 2.15. The van der Waals surface area contributed by atoms with E-state index in [4.69, 9.17) is 21.1 Å². The second-order valence-corrected chi connectivity index (χ2v) is 5.67. The Hall–Kier alpha value is -1.75. The lowest BCUT2D eigenvalue weighted by Gasteiger charge is -2.15. The molecule has 0 spiro atoms. The Labute approximate surface area is 128 Å². The van der Waals surface area contributed by atoms with Gasteiger partial charge in [-0.1, -0.05) is 18.5 Å². The molecule has 1 aliphatic rings. The molecule has 5 nitrogen and oxygen atoms in total. The second kappa shape index (κ2) is 6.35. The average molecular weight is 312 g/mol. The van der Waals surface area contributed by atoms with Crippen LogP contribution in [-0.2, 0) is 14.3 Å². The summed E-state index contributed by atoms with van der Waals surface area (Å²) < 4.78 is 10.3. The highest BCUT2D eigenvalue weighted by atomic mass is 35.5. The summed E-state index contributed by atoms with van der Waals surface area (Å²) in [5, 5.41) is 3.13. The number of carbonyl (C=O) groups is 2. The van der Waals surface area contributed by atoms with Crippen LogP contribution in [0.1, 0.15) is 20.3 Å². The van der Waals surface area contributed by atoms with E-state index < -0.39 is 12.0 Å². The summed E-state index contributed by atoms with van der Waals surface area (Å²) in [6.07, 6.45) is -0.0380. The van der Waals surface area contributed by atoms with Gasteiger partial charge in [0, 0.05) is 5.02 Å². The lowest BCUT2D eigenvalue weighted by Crippen LogP contribution is -2.30. The number of carbonyl (C=O) groups excluding carboxylic acids is 2. The van der Waals surface area contributed by atoms with Gasteiger partial charge in [0.25, 0.3) is 5.91 Å². The summed E-state index contributed by atoms with van der Waals surface area (Å²) >= 11 is 5.89. The number of halogens is 1. The summed E-state index contributed by atoms with van der Waals surface area (Å²) in [5.74, 6) is 0.0317. The maximum Gasteiger partial charge on any atom is 0.309 e. The molecule has 1 fully saturated rings. The van der Waals surface area contributed by atoms with E-state index in [2.05, 4.69) is 5.32 Å². The smallest absolute Gasteiger partial charge is 0.309 e. The van der Waals surface area contributed by atoms with Crippen LogP contribution in [0.15, 0.2) is 18.2 Å². The number of nitrogens with one attached hydrogen (secondary N) is 1. The van der Waals surface area contributed by atoms with Crippen molar-refractivity contribution in [1.82, 2.24) is 0 Å². The molecule has 0 bridgehead atoms. The van der Waals surface area contributed by atoms with Crippen molar-refractivity contribution in [3.05, 3.63) is 23.2 Å². The minimum absolute atomic E-state index is 0.0686. The van der Waals surface area contributed by atoms with Gasteiger partial charge >= 0.3 is 5.97 Å². The van der Waals surface area contributed by atoms with Gasteiger partial charge in [-0.05, 0) is 37.5 Å². The molecule has 1 aromatic rings. The predicted octanol–water partition coefficient (Wildman–Crippen LogP) is 2.87. The normalized spacial score (nSPS) is 21.3. The lowest BCUT2D eigenvalue weighted by atomic mass is 10.2. The molecule has 1 amide bonds. The number of rotatable bonds is 5. The van der Waals surface area contributed by atoms with Crippen LogP contribution in [-0.4, -0.2) is 25.1 Å². The minimum Gasteiger partial charge on any atom is -0.495 e. The monoisotopic (exact) mass is 311 g/mol. The third-order valence-corrected chi connectivity index (χ3v) is 3.73. The van der Waals surface area contributed by atoms with Crippen molar-refractivity contribution in [2.45, 2.75) is 26.4 Å². The van der Waals surface area contributed by atoms with Crippen LogP contribution in [0.3, 0.4) is 0 Å². The topological polar surface area (TPSA) is 64.6 Å². The van der Waals surface area contributed by atoms with E-state index in [1.807, 2.05) is 6.92 Å². The quantitative estimate of drug-likeness (QED) is 0.849. The van der Waals surface area contributed by atoms with Crippen LogP contribution in [0, 0.1) is 11.8 Å². The number of esters is 1. The van der Waals surface area contributed by atoms with Gasteiger partial charge in [-0.25, -0.2) is 0 Å². The van der Waals surface area contributed by atoms with Crippen molar-refractivity contribution in [2.75, 3.05) is 12.4 Å². The molecule has 0 radical (unpaired) electrons. The standard InChI is InChI=1S/C15H18ClNO4/c1-8-6-11(8)15(19)21-9(2)14(18)17-12-7-10(16)4-5-13(12)20-3/h4-5,7-9,11H,6H2,1-3H3,(H,17,18)/t8-,9-,11-/m0/s1. The first kappa shape index (κ1) is 15.6. The SMILES string of the molecule is COc1ccc(Cl)cc1NC(=O)[C@H](C)OC(=O)[C@H]1C[C@@H]1C. The van der Waals surface area contributed by atoms with E-state index in [9.17, 15) is 9.59 Å². The summed E-state index contributed by atoms with van der Waals surface area (Å²) in [6.45, 7) is 3.52. The number of hydrogen-bond donors (Lipinski definition) is 1. The Morgan fingerprint density at radius 1 is 1.43 bits per heavy atom. The van der Waals surface area contributed by atoms with Crippen LogP contribution >= 0.6 is 11.6 Å². The number of methoxy groups -OCH3 is 1. The van der Waals surface area contributed by atoms with Crippen LogP contribution in [0.4, 0.5) is 5.69 Å². The van der Waals surface area contributed by atoms with Crippen molar-refractivity contribution in [3.8, 4) is 5.75 Å². The Kier molecular flexibility index (Phi) is 4.73. The van der Waals surface area contributed by atoms with E-state index >= 15 is 0 Å². The first-order chi connectivity index (χ1) is 9.92. The molecule has 1 N–H and O–H groups in total. The zero-order valence-corrected chi connectivity index (χ0v) is 12.9. The van der Waals surface area contributed by atoms with E-state index in [0.717, 1.165) is 6.42 Å². The molecule has 3 atom stereocenters. The number of benzene rings is 1. The molecule has 0 heterocycles. The van der Waals surface area contributed by atoms with Crippen molar-refractivity contribution in [3.63, 3.8) is 0 Å². The maximum atomic E-state index is 12.1. The Bertz CT molecular complexity index is 561. The van der Waals surface area contributed by atoms with E-state index in [0.29, 0.717) is 22.4 Å². The van der Waals surface area contributed by atoms with Crippen molar-refractivity contribution in [1.29, 1.82) is 0 Å². The van der Waals surface area contributed by atoms with Gasteiger partial charge < -0.3 is 14.8 Å². The summed E-state index contributed by atoms with van der Waals surface area (Å²) in [7, 11) is 1.50. The van der Waals surface area contributed by atoms with Gasteiger partial charge in [0.05, 0.1) is 18.7 Å². The fraction of sp³-hybridized carbons (Fsp3) is 0.467. The third kappa shape index (κ3) is 3.88. The summed E-state index contributed by atoms with van der Waals surface area (Å²) in [6, 6.07) is 4.89. The lowest BCUT2D eigenvalue weighted by molar-refractivity contribution is -0.154. The molecule has 2 rings (SSSR count). The molecule has 0 unspecified atom stereocenters. The number of amides is 1. The van der Waals surface area contributed by atoms with Crippen molar-refractivity contribution < 1.29 is 19.1 Å². The zero-order chi connectivity index (χ0) is 15.6. The van der Waals surface area contributed by atoms with E-state index in [-0.39, 0.29) is 11.9 Å². The molecule has 1 saturated carbocycles.